The number of carbonyl (C=O) groups excluding carboxylic acids is 1. The van der Waals surface area contributed by atoms with Gasteiger partial charge < -0.3 is 20.8 Å². The number of hydrogen-bond donors (Lipinski definition) is 4. The Labute approximate surface area is 207 Å². The van der Waals surface area contributed by atoms with Gasteiger partial charge in [0, 0.05) is 12.6 Å². The van der Waals surface area contributed by atoms with Crippen molar-refractivity contribution in [3.05, 3.63) is 0 Å². The lowest BCUT2D eigenvalue weighted by molar-refractivity contribution is -0.203. The van der Waals surface area contributed by atoms with Gasteiger partial charge in [-0.05, 0) is 116 Å². The largest absolute Gasteiger partial charge is 0.393 e. The molecule has 5 nitrogen and oxygen atoms in total. The highest BCUT2D eigenvalue weighted by molar-refractivity contribution is 5.74. The SMILES string of the molecule is CC[C@H]1[C@@H](O)[C@@H]2[C@H](CC[C@]3(C)[C@@H]([C@H](C)CCNC(=O)NC4CC4)CC[C@@H]23)[C@@]2(C)CC[C@@H](O)C[C@@H]12. The number of aliphatic hydroxyl groups excluding tert-OH is 2. The van der Waals surface area contributed by atoms with E-state index in [1.54, 1.807) is 0 Å². The summed E-state index contributed by atoms with van der Waals surface area (Å²) in [7, 11) is 0. The molecule has 0 unspecified atom stereocenters. The molecule has 194 valence electrons. The minimum atomic E-state index is -0.218. The topological polar surface area (TPSA) is 81.6 Å². The van der Waals surface area contributed by atoms with Crippen molar-refractivity contribution in [2.24, 2.45) is 52.3 Å². The molecule has 5 saturated carbocycles. The lowest BCUT2D eigenvalue weighted by Gasteiger charge is -2.64. The third-order valence-corrected chi connectivity index (χ3v) is 11.9. The summed E-state index contributed by atoms with van der Waals surface area (Å²) in [5.41, 5.74) is 0.571. The van der Waals surface area contributed by atoms with Crippen molar-refractivity contribution in [1.82, 2.24) is 10.6 Å². The number of fused-ring (bicyclic) bond motifs is 5. The minimum Gasteiger partial charge on any atom is -0.393 e. The lowest BCUT2D eigenvalue weighted by atomic mass is 9.41. The van der Waals surface area contributed by atoms with Gasteiger partial charge in [0.1, 0.15) is 0 Å². The summed E-state index contributed by atoms with van der Waals surface area (Å²) in [5.74, 6) is 3.68. The Balaban J connectivity index is 1.29. The van der Waals surface area contributed by atoms with Crippen LogP contribution in [0, 0.1) is 52.3 Å². The fourth-order valence-corrected chi connectivity index (χ4v) is 10.0. The number of urea groups is 1. The molecule has 2 amide bonds. The van der Waals surface area contributed by atoms with Gasteiger partial charge in [-0.15, -0.1) is 0 Å². The quantitative estimate of drug-likeness (QED) is 0.432. The molecule has 34 heavy (non-hydrogen) atoms. The third kappa shape index (κ3) is 4.11. The molecule has 0 aromatic rings. The second kappa shape index (κ2) is 9.25. The van der Waals surface area contributed by atoms with E-state index < -0.39 is 0 Å². The summed E-state index contributed by atoms with van der Waals surface area (Å²) in [5, 5.41) is 28.4. The molecule has 5 aliphatic rings. The van der Waals surface area contributed by atoms with Crippen molar-refractivity contribution >= 4 is 6.03 Å². The Hall–Kier alpha value is -0.810. The minimum absolute atomic E-state index is 0.00190. The summed E-state index contributed by atoms with van der Waals surface area (Å²) in [6.45, 7) is 10.5. The van der Waals surface area contributed by atoms with Crippen LogP contribution < -0.4 is 10.6 Å². The summed E-state index contributed by atoms with van der Waals surface area (Å²) in [6, 6.07) is 0.409. The van der Waals surface area contributed by atoms with Crippen molar-refractivity contribution in [2.75, 3.05) is 6.54 Å². The molecule has 0 heterocycles. The van der Waals surface area contributed by atoms with Crippen LogP contribution in [0.5, 0.6) is 0 Å². The van der Waals surface area contributed by atoms with E-state index in [0.717, 1.165) is 51.5 Å². The summed E-state index contributed by atoms with van der Waals surface area (Å²) >= 11 is 0. The molecule has 0 aromatic carbocycles. The van der Waals surface area contributed by atoms with Gasteiger partial charge in [-0.1, -0.05) is 34.1 Å². The number of hydrogen-bond acceptors (Lipinski definition) is 3. The first-order chi connectivity index (χ1) is 16.2. The van der Waals surface area contributed by atoms with E-state index in [0.29, 0.717) is 52.9 Å². The van der Waals surface area contributed by atoms with Crippen LogP contribution in [0.4, 0.5) is 4.79 Å². The number of aliphatic hydroxyl groups is 2. The molecule has 0 bridgehead atoms. The monoisotopic (exact) mass is 474 g/mol. The van der Waals surface area contributed by atoms with Crippen LogP contribution in [-0.4, -0.2) is 41.0 Å². The first kappa shape index (κ1) is 24.9. The van der Waals surface area contributed by atoms with E-state index in [4.69, 9.17) is 0 Å². The number of carbonyl (C=O) groups is 1. The fourth-order valence-electron chi connectivity index (χ4n) is 10.0. The van der Waals surface area contributed by atoms with Crippen LogP contribution in [-0.2, 0) is 0 Å². The highest BCUT2D eigenvalue weighted by atomic mass is 16.3. The molecule has 0 saturated heterocycles. The Morgan fingerprint density at radius 2 is 1.68 bits per heavy atom. The molecule has 5 rings (SSSR count). The molecule has 0 spiro atoms. The van der Waals surface area contributed by atoms with Crippen molar-refractivity contribution < 1.29 is 15.0 Å². The van der Waals surface area contributed by atoms with Crippen molar-refractivity contribution in [3.8, 4) is 0 Å². The van der Waals surface area contributed by atoms with Crippen LogP contribution in [0.2, 0.25) is 0 Å². The first-order valence-corrected chi connectivity index (χ1v) is 14.6. The Bertz CT molecular complexity index is 756. The molecule has 5 fully saturated rings. The van der Waals surface area contributed by atoms with Gasteiger partial charge in [0.05, 0.1) is 12.2 Å². The number of rotatable bonds is 6. The van der Waals surface area contributed by atoms with E-state index in [1.807, 2.05) is 0 Å². The van der Waals surface area contributed by atoms with Crippen molar-refractivity contribution in [2.45, 2.75) is 117 Å². The third-order valence-electron chi connectivity index (χ3n) is 11.9. The normalized spacial score (nSPS) is 48.9. The van der Waals surface area contributed by atoms with Crippen molar-refractivity contribution in [3.63, 3.8) is 0 Å². The zero-order chi connectivity index (χ0) is 24.3. The molecule has 0 radical (unpaired) electrons. The van der Waals surface area contributed by atoms with Crippen LogP contribution in [0.3, 0.4) is 0 Å². The van der Waals surface area contributed by atoms with Crippen LogP contribution >= 0.6 is 0 Å². The second-order valence-corrected chi connectivity index (χ2v) is 13.6. The van der Waals surface area contributed by atoms with E-state index in [1.165, 1.54) is 25.7 Å². The summed E-state index contributed by atoms with van der Waals surface area (Å²) < 4.78 is 0. The maximum absolute atomic E-state index is 12.0. The number of nitrogens with one attached hydrogen (secondary N) is 2. The first-order valence-electron chi connectivity index (χ1n) is 14.6. The zero-order valence-corrected chi connectivity index (χ0v) is 22.1. The second-order valence-electron chi connectivity index (χ2n) is 13.6. The van der Waals surface area contributed by atoms with Crippen LogP contribution in [0.25, 0.3) is 0 Å². The smallest absolute Gasteiger partial charge is 0.315 e. The highest BCUT2D eigenvalue weighted by Crippen LogP contribution is 2.69. The van der Waals surface area contributed by atoms with Crippen LogP contribution in [0.15, 0.2) is 0 Å². The average Bonchev–Trinajstić information content (AvgIpc) is 3.53. The Kier molecular flexibility index (Phi) is 6.76. The van der Waals surface area contributed by atoms with Gasteiger partial charge in [0.2, 0.25) is 0 Å². The molecule has 0 aromatic heterocycles. The van der Waals surface area contributed by atoms with Gasteiger partial charge in [0.15, 0.2) is 0 Å². The van der Waals surface area contributed by atoms with Gasteiger partial charge >= 0.3 is 6.03 Å². The van der Waals surface area contributed by atoms with Gasteiger partial charge in [0.25, 0.3) is 0 Å². The summed E-state index contributed by atoms with van der Waals surface area (Å²) in [4.78, 5) is 12.0. The molecular formula is C29H50N2O3. The number of amides is 2. The van der Waals surface area contributed by atoms with Crippen LogP contribution in [0.1, 0.15) is 98.3 Å². The predicted octanol–water partition coefficient (Wildman–Crippen LogP) is 5.10. The maximum Gasteiger partial charge on any atom is 0.315 e. The summed E-state index contributed by atoms with van der Waals surface area (Å²) in [6.07, 6.45) is 11.9. The molecule has 11 atom stereocenters. The predicted molar refractivity (Wildman–Crippen MR) is 135 cm³/mol. The van der Waals surface area contributed by atoms with E-state index in [-0.39, 0.29) is 23.7 Å². The average molecular weight is 475 g/mol. The van der Waals surface area contributed by atoms with Gasteiger partial charge in [-0.3, -0.25) is 0 Å². The Morgan fingerprint density at radius 1 is 0.971 bits per heavy atom. The molecule has 4 N–H and O–H groups in total. The zero-order valence-electron chi connectivity index (χ0n) is 22.1. The van der Waals surface area contributed by atoms with E-state index >= 15 is 0 Å². The van der Waals surface area contributed by atoms with Gasteiger partial charge in [-0.2, -0.15) is 0 Å². The molecule has 5 heteroatoms. The standard InChI is InChI=1S/C29H50N2O3/c1-5-20-24-16-19(32)10-13-29(24,4)23-11-14-28(3)21(8-9-22(28)25(23)26(20)33)17(2)12-15-30-27(34)31-18-6-7-18/h17-26,32-33H,5-16H2,1-4H3,(H2,30,31,34)/t17-,19-,20-,21-,22+,23+,24+,25+,26-,28-,29-/m1/s1. The molecule has 5 aliphatic carbocycles. The molecule has 0 aliphatic heterocycles. The van der Waals surface area contributed by atoms with E-state index in [9.17, 15) is 15.0 Å². The Morgan fingerprint density at radius 3 is 2.38 bits per heavy atom. The fraction of sp³-hybridized carbons (Fsp3) is 0.966. The highest BCUT2D eigenvalue weighted by Gasteiger charge is 2.64. The van der Waals surface area contributed by atoms with E-state index in [2.05, 4.69) is 38.3 Å². The lowest BCUT2D eigenvalue weighted by Crippen LogP contribution is -2.62. The van der Waals surface area contributed by atoms with Crippen molar-refractivity contribution in [1.29, 1.82) is 0 Å². The van der Waals surface area contributed by atoms with Gasteiger partial charge in [-0.25, -0.2) is 4.79 Å². The maximum atomic E-state index is 12.0. The molecular weight excluding hydrogens is 424 g/mol.